The highest BCUT2D eigenvalue weighted by Crippen LogP contribution is 2.33. The van der Waals surface area contributed by atoms with Crippen molar-refractivity contribution in [3.05, 3.63) is 35.1 Å². The fraction of sp³-hybridized carbons (Fsp3) is 0.588. The molecule has 1 aromatic rings. The summed E-state index contributed by atoms with van der Waals surface area (Å²) in [6.07, 6.45) is 5.94. The second-order valence-corrected chi connectivity index (χ2v) is 6.41. The molecular formula is C17H23FN2O. The molecule has 1 heterocycles. The summed E-state index contributed by atoms with van der Waals surface area (Å²) in [7, 11) is 0. The smallest absolute Gasteiger partial charge is 0.237 e. The van der Waals surface area contributed by atoms with Crippen molar-refractivity contribution in [3.8, 4) is 0 Å². The van der Waals surface area contributed by atoms with E-state index in [0.717, 1.165) is 12.0 Å². The second kappa shape index (κ2) is 6.14. The summed E-state index contributed by atoms with van der Waals surface area (Å²) in [5.74, 6) is 0.489. The van der Waals surface area contributed by atoms with Crippen LogP contribution in [0.1, 0.15) is 43.2 Å². The number of rotatable bonds is 3. The number of carbonyl (C=O) groups excluding carboxylic acids is 1. The molecule has 2 N–H and O–H groups in total. The van der Waals surface area contributed by atoms with Crippen LogP contribution in [0, 0.1) is 18.7 Å². The number of hydrogen-bond donors (Lipinski definition) is 2. The molecule has 0 bridgehead atoms. The summed E-state index contributed by atoms with van der Waals surface area (Å²) < 4.78 is 13.5. The Morgan fingerprint density at radius 1 is 1.38 bits per heavy atom. The fourth-order valence-corrected chi connectivity index (χ4v) is 3.58. The third kappa shape index (κ3) is 3.26. The number of halogens is 1. The van der Waals surface area contributed by atoms with Gasteiger partial charge in [-0.1, -0.05) is 25.0 Å². The van der Waals surface area contributed by atoms with Crippen LogP contribution < -0.4 is 10.6 Å². The lowest BCUT2D eigenvalue weighted by Gasteiger charge is -2.24. The summed E-state index contributed by atoms with van der Waals surface area (Å²) in [6, 6.07) is 5.55. The van der Waals surface area contributed by atoms with Crippen LogP contribution in [0.3, 0.4) is 0 Å². The number of hydrogen-bond acceptors (Lipinski definition) is 2. The van der Waals surface area contributed by atoms with E-state index in [1.807, 2.05) is 6.07 Å². The quantitative estimate of drug-likeness (QED) is 0.898. The van der Waals surface area contributed by atoms with E-state index >= 15 is 0 Å². The Morgan fingerprint density at radius 3 is 2.95 bits per heavy atom. The summed E-state index contributed by atoms with van der Waals surface area (Å²) >= 11 is 0. The molecule has 1 aromatic carbocycles. The SMILES string of the molecule is Cc1ccc(CNC(=O)C2CC3CCCCC3N2)cc1F. The molecular weight excluding hydrogens is 267 g/mol. The van der Waals surface area contributed by atoms with Gasteiger partial charge in [0, 0.05) is 12.6 Å². The molecule has 1 aliphatic carbocycles. The minimum absolute atomic E-state index is 0.0467. The van der Waals surface area contributed by atoms with Gasteiger partial charge in [-0.3, -0.25) is 4.79 Å². The predicted molar refractivity (Wildman–Crippen MR) is 80.3 cm³/mol. The highest BCUT2D eigenvalue weighted by Gasteiger charge is 2.37. The minimum Gasteiger partial charge on any atom is -0.351 e. The molecule has 1 amide bonds. The van der Waals surface area contributed by atoms with Crippen LogP contribution in [0.25, 0.3) is 0 Å². The third-order valence-corrected chi connectivity index (χ3v) is 4.88. The van der Waals surface area contributed by atoms with Crippen molar-refractivity contribution in [1.29, 1.82) is 0 Å². The van der Waals surface area contributed by atoms with Crippen molar-refractivity contribution in [1.82, 2.24) is 10.6 Å². The van der Waals surface area contributed by atoms with Crippen LogP contribution in [0.4, 0.5) is 4.39 Å². The first-order valence-corrected chi connectivity index (χ1v) is 7.92. The van der Waals surface area contributed by atoms with Crippen LogP contribution >= 0.6 is 0 Å². The monoisotopic (exact) mass is 290 g/mol. The van der Waals surface area contributed by atoms with Crippen LogP contribution in [0.15, 0.2) is 18.2 Å². The lowest BCUT2D eigenvalue weighted by Crippen LogP contribution is -2.42. The van der Waals surface area contributed by atoms with Gasteiger partial charge < -0.3 is 10.6 Å². The molecule has 3 nitrogen and oxygen atoms in total. The molecule has 0 radical (unpaired) electrons. The number of carbonyl (C=O) groups is 1. The van der Waals surface area contributed by atoms with Crippen molar-refractivity contribution in [3.63, 3.8) is 0 Å². The maximum Gasteiger partial charge on any atom is 0.237 e. The molecule has 0 aromatic heterocycles. The highest BCUT2D eigenvalue weighted by atomic mass is 19.1. The average Bonchev–Trinajstić information content (AvgIpc) is 2.92. The summed E-state index contributed by atoms with van der Waals surface area (Å²) in [6.45, 7) is 2.13. The van der Waals surface area contributed by atoms with E-state index in [2.05, 4.69) is 10.6 Å². The van der Waals surface area contributed by atoms with E-state index < -0.39 is 0 Å². The molecule has 0 spiro atoms. The highest BCUT2D eigenvalue weighted by molar-refractivity contribution is 5.82. The summed E-state index contributed by atoms with van der Waals surface area (Å²) in [5, 5.41) is 6.39. The zero-order chi connectivity index (χ0) is 14.8. The van der Waals surface area contributed by atoms with Crippen molar-refractivity contribution in [2.24, 2.45) is 5.92 Å². The van der Waals surface area contributed by atoms with Gasteiger partial charge in [-0.05, 0) is 49.3 Å². The van der Waals surface area contributed by atoms with Gasteiger partial charge in [0.1, 0.15) is 5.82 Å². The Labute approximate surface area is 125 Å². The molecule has 4 heteroatoms. The minimum atomic E-state index is -0.216. The normalized spacial score (nSPS) is 28.2. The molecule has 1 saturated heterocycles. The maximum atomic E-state index is 13.5. The molecule has 3 rings (SSSR count). The Bertz CT molecular complexity index is 518. The fourth-order valence-electron chi connectivity index (χ4n) is 3.58. The van der Waals surface area contributed by atoms with Gasteiger partial charge >= 0.3 is 0 Å². The van der Waals surface area contributed by atoms with Gasteiger partial charge in [0.2, 0.25) is 5.91 Å². The van der Waals surface area contributed by atoms with Crippen LogP contribution in [-0.4, -0.2) is 18.0 Å². The lowest BCUT2D eigenvalue weighted by atomic mass is 9.85. The van der Waals surface area contributed by atoms with Crippen molar-refractivity contribution in [2.45, 2.75) is 57.7 Å². The number of aryl methyl sites for hydroxylation is 1. The van der Waals surface area contributed by atoms with Crippen LogP contribution in [0.5, 0.6) is 0 Å². The number of fused-ring (bicyclic) bond motifs is 1. The Balaban J connectivity index is 1.53. The zero-order valence-electron chi connectivity index (χ0n) is 12.5. The maximum absolute atomic E-state index is 13.5. The standard InChI is InChI=1S/C17H23FN2O/c1-11-6-7-12(8-14(11)18)10-19-17(21)16-9-13-4-2-3-5-15(13)20-16/h6-8,13,15-16,20H,2-5,9-10H2,1H3,(H,19,21). The van der Waals surface area contributed by atoms with E-state index in [1.165, 1.54) is 31.7 Å². The van der Waals surface area contributed by atoms with E-state index in [0.29, 0.717) is 24.1 Å². The molecule has 21 heavy (non-hydrogen) atoms. The first kappa shape index (κ1) is 14.5. The van der Waals surface area contributed by atoms with Crippen LogP contribution in [-0.2, 0) is 11.3 Å². The van der Waals surface area contributed by atoms with Gasteiger partial charge in [-0.15, -0.1) is 0 Å². The zero-order valence-corrected chi connectivity index (χ0v) is 12.5. The Kier molecular flexibility index (Phi) is 4.24. The lowest BCUT2D eigenvalue weighted by molar-refractivity contribution is -0.123. The van der Waals surface area contributed by atoms with E-state index in [1.54, 1.807) is 13.0 Å². The van der Waals surface area contributed by atoms with Gasteiger partial charge in [-0.2, -0.15) is 0 Å². The van der Waals surface area contributed by atoms with Crippen LogP contribution in [0.2, 0.25) is 0 Å². The molecule has 114 valence electrons. The summed E-state index contributed by atoms with van der Waals surface area (Å²) in [5.41, 5.74) is 1.44. The number of benzene rings is 1. The van der Waals surface area contributed by atoms with Gasteiger partial charge in [-0.25, -0.2) is 4.39 Å². The number of amides is 1. The first-order valence-electron chi connectivity index (χ1n) is 7.92. The third-order valence-electron chi connectivity index (χ3n) is 4.88. The van der Waals surface area contributed by atoms with Gasteiger partial charge in [0.15, 0.2) is 0 Å². The largest absolute Gasteiger partial charge is 0.351 e. The molecule has 1 aliphatic heterocycles. The number of nitrogens with one attached hydrogen (secondary N) is 2. The summed E-state index contributed by atoms with van der Waals surface area (Å²) in [4.78, 5) is 12.2. The Morgan fingerprint density at radius 2 is 2.19 bits per heavy atom. The Hall–Kier alpha value is -1.42. The van der Waals surface area contributed by atoms with E-state index in [9.17, 15) is 9.18 Å². The van der Waals surface area contributed by atoms with Gasteiger partial charge in [0.25, 0.3) is 0 Å². The average molecular weight is 290 g/mol. The second-order valence-electron chi connectivity index (χ2n) is 6.41. The van der Waals surface area contributed by atoms with Crippen molar-refractivity contribution >= 4 is 5.91 Å². The van der Waals surface area contributed by atoms with Gasteiger partial charge in [0.05, 0.1) is 6.04 Å². The van der Waals surface area contributed by atoms with E-state index in [4.69, 9.17) is 0 Å². The molecule has 3 atom stereocenters. The molecule has 2 aliphatic rings. The van der Waals surface area contributed by atoms with Crippen molar-refractivity contribution in [2.75, 3.05) is 0 Å². The topological polar surface area (TPSA) is 41.1 Å². The first-order chi connectivity index (χ1) is 10.1. The molecule has 3 unspecified atom stereocenters. The predicted octanol–water partition coefficient (Wildman–Crippen LogP) is 2.67. The molecule has 1 saturated carbocycles. The van der Waals surface area contributed by atoms with E-state index in [-0.39, 0.29) is 17.8 Å². The molecule has 2 fully saturated rings. The van der Waals surface area contributed by atoms with Crippen molar-refractivity contribution < 1.29 is 9.18 Å².